The van der Waals surface area contributed by atoms with E-state index in [0.29, 0.717) is 13.0 Å². The molecule has 2 aromatic rings. The van der Waals surface area contributed by atoms with Crippen LogP contribution < -0.4 is 10.1 Å². The Labute approximate surface area is 143 Å². The van der Waals surface area contributed by atoms with Gasteiger partial charge in [0.2, 0.25) is 0 Å². The third-order valence-corrected chi connectivity index (χ3v) is 3.21. The number of carbonyl (C=O) groups excluding carboxylic acids is 2. The number of ether oxygens (including phenoxy) is 2. The fourth-order valence-corrected chi connectivity index (χ4v) is 2.06. The van der Waals surface area contributed by atoms with Gasteiger partial charge in [-0.2, -0.15) is 8.78 Å². The monoisotopic (exact) mass is 349 g/mol. The van der Waals surface area contributed by atoms with Crippen LogP contribution in [0.5, 0.6) is 5.75 Å². The molecule has 0 aliphatic carbocycles. The van der Waals surface area contributed by atoms with Crippen LogP contribution in [-0.4, -0.2) is 31.6 Å². The summed E-state index contributed by atoms with van der Waals surface area (Å²) in [4.78, 5) is 23.5. The fourth-order valence-electron chi connectivity index (χ4n) is 2.06. The van der Waals surface area contributed by atoms with E-state index in [1.165, 1.54) is 18.2 Å². The quantitative estimate of drug-likeness (QED) is 0.745. The summed E-state index contributed by atoms with van der Waals surface area (Å²) in [5.74, 6) is -1.39. The first-order valence-corrected chi connectivity index (χ1v) is 7.57. The SMILES string of the molecule is O=C(COC(=O)c1cccc(OC(F)F)c1)NCCc1ccccc1. The van der Waals surface area contributed by atoms with E-state index in [1.54, 1.807) is 0 Å². The predicted octanol–water partition coefficient (Wildman–Crippen LogP) is 2.80. The number of carbonyl (C=O) groups is 2. The minimum atomic E-state index is -2.98. The number of alkyl halides is 2. The summed E-state index contributed by atoms with van der Waals surface area (Å²) in [7, 11) is 0. The second kappa shape index (κ2) is 9.36. The number of hydrogen-bond acceptors (Lipinski definition) is 4. The van der Waals surface area contributed by atoms with Gasteiger partial charge in [-0.15, -0.1) is 0 Å². The highest BCUT2D eigenvalue weighted by atomic mass is 19.3. The molecule has 2 rings (SSSR count). The molecule has 0 bridgehead atoms. The Kier molecular flexibility index (Phi) is 6.88. The van der Waals surface area contributed by atoms with Crippen LogP contribution in [0.4, 0.5) is 8.78 Å². The van der Waals surface area contributed by atoms with E-state index in [9.17, 15) is 18.4 Å². The van der Waals surface area contributed by atoms with Crippen molar-refractivity contribution in [1.82, 2.24) is 5.32 Å². The number of esters is 1. The normalized spacial score (nSPS) is 10.4. The van der Waals surface area contributed by atoms with Crippen LogP contribution in [-0.2, 0) is 16.0 Å². The molecule has 0 heterocycles. The average molecular weight is 349 g/mol. The van der Waals surface area contributed by atoms with E-state index >= 15 is 0 Å². The Morgan fingerprint density at radius 1 is 1.04 bits per heavy atom. The molecule has 0 aliphatic rings. The minimum Gasteiger partial charge on any atom is -0.452 e. The fraction of sp³-hybridized carbons (Fsp3) is 0.222. The van der Waals surface area contributed by atoms with Gasteiger partial charge in [0.25, 0.3) is 5.91 Å². The molecule has 0 saturated heterocycles. The molecule has 0 atom stereocenters. The molecule has 5 nitrogen and oxygen atoms in total. The minimum absolute atomic E-state index is 0.0234. The van der Waals surface area contributed by atoms with Crippen molar-refractivity contribution in [2.24, 2.45) is 0 Å². The van der Waals surface area contributed by atoms with Crippen LogP contribution in [0.25, 0.3) is 0 Å². The molecule has 0 aromatic heterocycles. The van der Waals surface area contributed by atoms with Gasteiger partial charge in [-0.05, 0) is 30.2 Å². The number of benzene rings is 2. The van der Waals surface area contributed by atoms with E-state index in [0.717, 1.165) is 11.6 Å². The van der Waals surface area contributed by atoms with Gasteiger partial charge in [0.15, 0.2) is 6.61 Å². The molecule has 0 unspecified atom stereocenters. The van der Waals surface area contributed by atoms with Crippen LogP contribution in [0, 0.1) is 0 Å². The average Bonchev–Trinajstić information content (AvgIpc) is 2.60. The van der Waals surface area contributed by atoms with Crippen LogP contribution >= 0.6 is 0 Å². The Balaban J connectivity index is 1.74. The van der Waals surface area contributed by atoms with Crippen LogP contribution in [0.3, 0.4) is 0 Å². The van der Waals surface area contributed by atoms with Crippen molar-refractivity contribution in [3.8, 4) is 5.75 Å². The lowest BCUT2D eigenvalue weighted by atomic mass is 10.1. The van der Waals surface area contributed by atoms with Crippen LogP contribution in [0.1, 0.15) is 15.9 Å². The van der Waals surface area contributed by atoms with Crippen molar-refractivity contribution in [2.45, 2.75) is 13.0 Å². The Hall–Kier alpha value is -2.96. The first kappa shape index (κ1) is 18.4. The molecule has 1 amide bonds. The summed E-state index contributed by atoms with van der Waals surface area (Å²) >= 11 is 0. The summed E-state index contributed by atoms with van der Waals surface area (Å²) in [6.07, 6.45) is 0.660. The zero-order valence-electron chi connectivity index (χ0n) is 13.3. The van der Waals surface area contributed by atoms with Crippen molar-refractivity contribution in [1.29, 1.82) is 0 Å². The van der Waals surface area contributed by atoms with E-state index in [1.807, 2.05) is 30.3 Å². The topological polar surface area (TPSA) is 64.6 Å². The van der Waals surface area contributed by atoms with Crippen molar-refractivity contribution in [3.05, 3.63) is 65.7 Å². The maximum Gasteiger partial charge on any atom is 0.387 e. The van der Waals surface area contributed by atoms with E-state index in [4.69, 9.17) is 4.74 Å². The van der Waals surface area contributed by atoms with Gasteiger partial charge in [0.05, 0.1) is 5.56 Å². The highest BCUT2D eigenvalue weighted by Gasteiger charge is 2.12. The van der Waals surface area contributed by atoms with Gasteiger partial charge in [-0.1, -0.05) is 36.4 Å². The van der Waals surface area contributed by atoms with E-state index < -0.39 is 25.1 Å². The Bertz CT molecular complexity index is 707. The summed E-state index contributed by atoms with van der Waals surface area (Å²) in [6.45, 7) is -3.02. The number of hydrogen-bond donors (Lipinski definition) is 1. The standard InChI is InChI=1S/C18H17F2NO4/c19-18(20)25-15-8-4-7-14(11-15)17(23)24-12-16(22)21-10-9-13-5-2-1-3-6-13/h1-8,11,18H,9-10,12H2,(H,21,22). The third-order valence-electron chi connectivity index (χ3n) is 3.21. The maximum absolute atomic E-state index is 12.2. The van der Waals surface area contributed by atoms with Crippen molar-refractivity contribution in [2.75, 3.05) is 13.2 Å². The van der Waals surface area contributed by atoms with Crippen molar-refractivity contribution >= 4 is 11.9 Å². The Morgan fingerprint density at radius 3 is 2.52 bits per heavy atom. The molecule has 0 fully saturated rings. The largest absolute Gasteiger partial charge is 0.452 e. The lowest BCUT2D eigenvalue weighted by molar-refractivity contribution is -0.124. The summed E-state index contributed by atoms with van der Waals surface area (Å²) in [5, 5.41) is 2.64. The molecule has 2 aromatic carbocycles. The molecule has 7 heteroatoms. The lowest BCUT2D eigenvalue weighted by Gasteiger charge is -2.08. The summed E-state index contributed by atoms with van der Waals surface area (Å²) in [5.41, 5.74) is 1.10. The first-order chi connectivity index (χ1) is 12.0. The summed E-state index contributed by atoms with van der Waals surface area (Å²) in [6, 6.07) is 14.8. The lowest BCUT2D eigenvalue weighted by Crippen LogP contribution is -2.30. The highest BCUT2D eigenvalue weighted by molar-refractivity contribution is 5.91. The van der Waals surface area contributed by atoms with Crippen LogP contribution in [0.2, 0.25) is 0 Å². The smallest absolute Gasteiger partial charge is 0.387 e. The zero-order chi connectivity index (χ0) is 18.1. The molecule has 0 radical (unpaired) electrons. The molecule has 1 N–H and O–H groups in total. The number of rotatable bonds is 8. The molecule has 0 spiro atoms. The zero-order valence-corrected chi connectivity index (χ0v) is 13.3. The number of amides is 1. The highest BCUT2D eigenvalue weighted by Crippen LogP contribution is 2.16. The molecule has 0 saturated carbocycles. The molecular formula is C18H17F2NO4. The Morgan fingerprint density at radius 2 is 1.80 bits per heavy atom. The van der Waals surface area contributed by atoms with Gasteiger partial charge in [0.1, 0.15) is 5.75 Å². The number of nitrogens with one attached hydrogen (secondary N) is 1. The third kappa shape index (κ3) is 6.58. The number of halogens is 2. The van der Waals surface area contributed by atoms with Crippen molar-refractivity contribution < 1.29 is 27.8 Å². The molecular weight excluding hydrogens is 332 g/mol. The summed E-state index contributed by atoms with van der Waals surface area (Å²) < 4.78 is 33.4. The van der Waals surface area contributed by atoms with Crippen molar-refractivity contribution in [3.63, 3.8) is 0 Å². The van der Waals surface area contributed by atoms with Gasteiger partial charge in [0, 0.05) is 6.54 Å². The van der Waals surface area contributed by atoms with Gasteiger partial charge in [-0.25, -0.2) is 4.79 Å². The molecule has 25 heavy (non-hydrogen) atoms. The molecule has 132 valence electrons. The van der Waals surface area contributed by atoms with Gasteiger partial charge >= 0.3 is 12.6 Å². The maximum atomic E-state index is 12.2. The van der Waals surface area contributed by atoms with E-state index in [2.05, 4.69) is 10.1 Å². The van der Waals surface area contributed by atoms with Gasteiger partial charge in [-0.3, -0.25) is 4.79 Å². The second-order valence-electron chi connectivity index (χ2n) is 5.07. The predicted molar refractivity (Wildman–Crippen MR) is 86.5 cm³/mol. The second-order valence-corrected chi connectivity index (χ2v) is 5.07. The first-order valence-electron chi connectivity index (χ1n) is 7.57. The van der Waals surface area contributed by atoms with Crippen LogP contribution in [0.15, 0.2) is 54.6 Å². The van der Waals surface area contributed by atoms with E-state index in [-0.39, 0.29) is 11.3 Å². The van der Waals surface area contributed by atoms with Gasteiger partial charge < -0.3 is 14.8 Å². The molecule has 0 aliphatic heterocycles.